The highest BCUT2D eigenvalue weighted by Gasteiger charge is 2.24. The molecule has 0 saturated carbocycles. The van der Waals surface area contributed by atoms with Gasteiger partial charge in [-0.25, -0.2) is 0 Å². The number of hydrogen-bond acceptors (Lipinski definition) is 3. The van der Waals surface area contributed by atoms with Crippen LogP contribution in [-0.4, -0.2) is 46.8 Å². The van der Waals surface area contributed by atoms with Crippen molar-refractivity contribution in [1.82, 2.24) is 4.90 Å². The van der Waals surface area contributed by atoms with Gasteiger partial charge in [-0.05, 0) is 25.0 Å². The Labute approximate surface area is 112 Å². The summed E-state index contributed by atoms with van der Waals surface area (Å²) in [6.07, 6.45) is 1.13. The van der Waals surface area contributed by atoms with Crippen molar-refractivity contribution >= 4 is 5.91 Å². The lowest BCUT2D eigenvalue weighted by Gasteiger charge is -2.30. The number of hydrogen-bond donors (Lipinski definition) is 2. The molecule has 4 nitrogen and oxygen atoms in total. The maximum Gasteiger partial charge on any atom is 0.255 e. The van der Waals surface area contributed by atoms with Crippen molar-refractivity contribution in [3.63, 3.8) is 0 Å². The molecule has 1 aliphatic rings. The van der Waals surface area contributed by atoms with E-state index in [1.54, 1.807) is 23.1 Å². The molecule has 1 aromatic rings. The summed E-state index contributed by atoms with van der Waals surface area (Å²) in [5.41, 5.74) is 1.14. The first-order valence-corrected chi connectivity index (χ1v) is 6.38. The van der Waals surface area contributed by atoms with E-state index in [4.69, 9.17) is 5.11 Å². The number of nitrogens with zero attached hydrogens (tertiary/aromatic N) is 1. The molecule has 2 rings (SSSR count). The van der Waals surface area contributed by atoms with E-state index in [1.807, 2.05) is 6.07 Å². The quantitative estimate of drug-likeness (QED) is 0.727. The summed E-state index contributed by atoms with van der Waals surface area (Å²) < 4.78 is 0. The number of β-amino-alcohol motifs (C(OH)–C–C–N with tert-alkyl or cyclic N) is 1. The maximum atomic E-state index is 12.4. The van der Waals surface area contributed by atoms with Crippen LogP contribution in [0.25, 0.3) is 0 Å². The summed E-state index contributed by atoms with van der Waals surface area (Å²) in [6, 6.07) is 7.09. The van der Waals surface area contributed by atoms with Crippen LogP contribution in [0.15, 0.2) is 24.3 Å². The SMILES string of the molecule is O=C(c1ccccc1C#CCO)N1CCCC(O)C1. The molecule has 100 valence electrons. The molecule has 0 aromatic heterocycles. The topological polar surface area (TPSA) is 60.8 Å². The number of benzene rings is 1. The van der Waals surface area contributed by atoms with Crippen LogP contribution in [0.2, 0.25) is 0 Å². The zero-order valence-corrected chi connectivity index (χ0v) is 10.7. The van der Waals surface area contributed by atoms with Crippen LogP contribution in [-0.2, 0) is 0 Å². The van der Waals surface area contributed by atoms with Gasteiger partial charge in [-0.3, -0.25) is 4.79 Å². The number of amides is 1. The number of carbonyl (C=O) groups excluding carboxylic acids is 1. The van der Waals surface area contributed by atoms with Crippen LogP contribution in [0, 0.1) is 11.8 Å². The highest BCUT2D eigenvalue weighted by atomic mass is 16.3. The summed E-state index contributed by atoms with van der Waals surface area (Å²) in [6.45, 7) is 0.809. The lowest BCUT2D eigenvalue weighted by atomic mass is 10.0. The Morgan fingerprint density at radius 1 is 1.42 bits per heavy atom. The van der Waals surface area contributed by atoms with Gasteiger partial charge in [-0.15, -0.1) is 0 Å². The molecule has 0 bridgehead atoms. The van der Waals surface area contributed by atoms with Crippen LogP contribution < -0.4 is 0 Å². The van der Waals surface area contributed by atoms with Crippen molar-refractivity contribution in [3.8, 4) is 11.8 Å². The second kappa shape index (κ2) is 6.37. The molecule has 1 fully saturated rings. The summed E-state index contributed by atoms with van der Waals surface area (Å²) in [5.74, 6) is 5.23. The number of carbonyl (C=O) groups is 1. The number of rotatable bonds is 1. The molecule has 1 aromatic carbocycles. The van der Waals surface area contributed by atoms with Crippen LogP contribution in [0.5, 0.6) is 0 Å². The smallest absolute Gasteiger partial charge is 0.255 e. The maximum absolute atomic E-state index is 12.4. The Bertz CT molecular complexity index is 516. The predicted molar refractivity (Wildman–Crippen MR) is 71.6 cm³/mol. The van der Waals surface area contributed by atoms with Gasteiger partial charge in [0.05, 0.1) is 11.7 Å². The molecular formula is C15H17NO3. The van der Waals surface area contributed by atoms with E-state index in [2.05, 4.69) is 11.8 Å². The number of aliphatic hydroxyl groups is 2. The van der Waals surface area contributed by atoms with E-state index in [-0.39, 0.29) is 12.5 Å². The van der Waals surface area contributed by atoms with Gasteiger partial charge in [-0.2, -0.15) is 0 Å². The Morgan fingerprint density at radius 3 is 2.95 bits per heavy atom. The van der Waals surface area contributed by atoms with E-state index >= 15 is 0 Å². The molecule has 1 unspecified atom stereocenters. The number of likely N-dealkylation sites (tertiary alicyclic amines) is 1. The molecule has 1 atom stereocenters. The zero-order valence-electron chi connectivity index (χ0n) is 10.7. The zero-order chi connectivity index (χ0) is 13.7. The minimum Gasteiger partial charge on any atom is -0.391 e. The molecule has 19 heavy (non-hydrogen) atoms. The highest BCUT2D eigenvalue weighted by Crippen LogP contribution is 2.16. The third-order valence-corrected chi connectivity index (χ3v) is 3.14. The van der Waals surface area contributed by atoms with Gasteiger partial charge in [0.1, 0.15) is 6.61 Å². The fourth-order valence-electron chi connectivity index (χ4n) is 2.22. The van der Waals surface area contributed by atoms with Gasteiger partial charge < -0.3 is 15.1 Å². The minimum atomic E-state index is -0.437. The first-order valence-electron chi connectivity index (χ1n) is 6.38. The Morgan fingerprint density at radius 2 is 2.21 bits per heavy atom. The summed E-state index contributed by atoms with van der Waals surface area (Å²) >= 11 is 0. The summed E-state index contributed by atoms with van der Waals surface area (Å²) in [5, 5.41) is 18.4. The molecular weight excluding hydrogens is 242 g/mol. The largest absolute Gasteiger partial charge is 0.391 e. The lowest BCUT2D eigenvalue weighted by Crippen LogP contribution is -2.42. The fourth-order valence-corrected chi connectivity index (χ4v) is 2.22. The van der Waals surface area contributed by atoms with Gasteiger partial charge >= 0.3 is 0 Å². The van der Waals surface area contributed by atoms with Crippen LogP contribution in [0.3, 0.4) is 0 Å². The normalized spacial score (nSPS) is 18.6. The van der Waals surface area contributed by atoms with E-state index in [0.717, 1.165) is 12.8 Å². The third-order valence-electron chi connectivity index (χ3n) is 3.14. The van der Waals surface area contributed by atoms with Gasteiger partial charge in [0.25, 0.3) is 5.91 Å². The van der Waals surface area contributed by atoms with Crippen molar-refractivity contribution in [1.29, 1.82) is 0 Å². The second-order valence-corrected chi connectivity index (χ2v) is 4.55. The molecule has 1 amide bonds. The van der Waals surface area contributed by atoms with Crippen LogP contribution in [0.4, 0.5) is 0 Å². The molecule has 1 saturated heterocycles. The molecule has 1 aliphatic heterocycles. The molecule has 1 heterocycles. The van der Waals surface area contributed by atoms with Crippen molar-refractivity contribution in [2.24, 2.45) is 0 Å². The third kappa shape index (κ3) is 3.34. The van der Waals surface area contributed by atoms with E-state index in [0.29, 0.717) is 24.2 Å². The van der Waals surface area contributed by atoms with Crippen molar-refractivity contribution < 1.29 is 15.0 Å². The number of piperidine rings is 1. The monoisotopic (exact) mass is 259 g/mol. The van der Waals surface area contributed by atoms with Crippen LogP contribution >= 0.6 is 0 Å². The van der Waals surface area contributed by atoms with Crippen molar-refractivity contribution in [2.75, 3.05) is 19.7 Å². The molecule has 0 aliphatic carbocycles. The lowest BCUT2D eigenvalue weighted by molar-refractivity contribution is 0.0473. The van der Waals surface area contributed by atoms with Crippen molar-refractivity contribution in [2.45, 2.75) is 18.9 Å². The Balaban J connectivity index is 2.23. The van der Waals surface area contributed by atoms with E-state index in [1.165, 1.54) is 0 Å². The second-order valence-electron chi connectivity index (χ2n) is 4.55. The molecule has 0 spiro atoms. The molecule has 4 heteroatoms. The minimum absolute atomic E-state index is 0.110. The summed E-state index contributed by atoms with van der Waals surface area (Å²) in [7, 11) is 0. The van der Waals surface area contributed by atoms with Crippen molar-refractivity contribution in [3.05, 3.63) is 35.4 Å². The Kier molecular flexibility index (Phi) is 4.56. The Hall–Kier alpha value is -1.83. The predicted octanol–water partition coefficient (Wildman–Crippen LogP) is 0.627. The van der Waals surface area contributed by atoms with Gasteiger partial charge in [-0.1, -0.05) is 24.0 Å². The fraction of sp³-hybridized carbons (Fsp3) is 0.400. The summed E-state index contributed by atoms with van der Waals surface area (Å²) in [4.78, 5) is 14.1. The molecule has 2 N–H and O–H groups in total. The highest BCUT2D eigenvalue weighted by molar-refractivity contribution is 5.96. The number of aliphatic hydroxyl groups excluding tert-OH is 2. The first kappa shape index (κ1) is 13.6. The van der Waals surface area contributed by atoms with Gasteiger partial charge in [0.2, 0.25) is 0 Å². The standard InChI is InChI=1S/C15H17NO3/c17-10-4-6-12-5-1-2-8-14(12)15(19)16-9-3-7-13(18)11-16/h1-2,5,8,13,17-18H,3,7,9-11H2. The van der Waals surface area contributed by atoms with E-state index in [9.17, 15) is 9.90 Å². The average Bonchev–Trinajstić information content (AvgIpc) is 2.44. The first-order chi connectivity index (χ1) is 9.22. The van der Waals surface area contributed by atoms with Gasteiger partial charge in [0, 0.05) is 18.7 Å². The van der Waals surface area contributed by atoms with E-state index < -0.39 is 6.10 Å². The van der Waals surface area contributed by atoms with Crippen LogP contribution in [0.1, 0.15) is 28.8 Å². The average molecular weight is 259 g/mol. The molecule has 0 radical (unpaired) electrons. The van der Waals surface area contributed by atoms with Gasteiger partial charge in [0.15, 0.2) is 0 Å².